The van der Waals surface area contributed by atoms with Gasteiger partial charge in [0.1, 0.15) is 5.75 Å². The van der Waals surface area contributed by atoms with Crippen molar-refractivity contribution in [2.75, 3.05) is 19.7 Å². The first-order chi connectivity index (χ1) is 15.3. The third-order valence-electron chi connectivity index (χ3n) is 5.91. The predicted molar refractivity (Wildman–Crippen MR) is 115 cm³/mol. The number of aromatic nitrogens is 4. The third-order valence-corrected chi connectivity index (χ3v) is 5.91. The Morgan fingerprint density at radius 3 is 2.84 bits per heavy atom. The Morgan fingerprint density at radius 1 is 1.25 bits per heavy atom. The Morgan fingerprint density at radius 2 is 2.09 bits per heavy atom. The van der Waals surface area contributed by atoms with Crippen molar-refractivity contribution in [3.8, 4) is 5.75 Å². The van der Waals surface area contributed by atoms with E-state index in [1.54, 1.807) is 0 Å². The van der Waals surface area contributed by atoms with Gasteiger partial charge in [0.15, 0.2) is 0 Å². The van der Waals surface area contributed by atoms with Crippen LogP contribution >= 0.6 is 0 Å². The van der Waals surface area contributed by atoms with E-state index in [4.69, 9.17) is 4.74 Å². The standard InChI is InChI=1S/C23H28F3N5O/c1-3-31-15-18(16(2)29-31)14-30-9-7-17(13-30)22-12-20(27-28-22)8-10-32-21-6-4-5-19(11-21)23(24,25)26/h4-6,11-12,15,17H,3,7-10,13-14H2,1-2H3,(H,27,28). The molecule has 0 spiro atoms. The van der Waals surface area contributed by atoms with Crippen LogP contribution in [0.25, 0.3) is 0 Å². The van der Waals surface area contributed by atoms with E-state index in [2.05, 4.69) is 40.2 Å². The predicted octanol–water partition coefficient (Wildman–Crippen LogP) is 4.56. The molecule has 0 radical (unpaired) electrons. The second-order valence-electron chi connectivity index (χ2n) is 8.26. The van der Waals surface area contributed by atoms with Crippen LogP contribution in [0.5, 0.6) is 5.75 Å². The van der Waals surface area contributed by atoms with Gasteiger partial charge in [-0.1, -0.05) is 6.07 Å². The van der Waals surface area contributed by atoms with Gasteiger partial charge in [0.05, 0.1) is 23.6 Å². The summed E-state index contributed by atoms with van der Waals surface area (Å²) in [7, 11) is 0. The lowest BCUT2D eigenvalue weighted by atomic mass is 10.0. The Kier molecular flexibility index (Phi) is 6.55. The highest BCUT2D eigenvalue weighted by molar-refractivity contribution is 5.30. The lowest BCUT2D eigenvalue weighted by Gasteiger charge is -2.14. The first-order valence-electron chi connectivity index (χ1n) is 10.9. The number of ether oxygens (including phenoxy) is 1. The number of benzene rings is 1. The second kappa shape index (κ2) is 9.36. The molecule has 1 aliphatic heterocycles. The van der Waals surface area contributed by atoms with Crippen LogP contribution in [0.3, 0.4) is 0 Å². The second-order valence-corrected chi connectivity index (χ2v) is 8.26. The molecule has 0 saturated carbocycles. The number of hydrogen-bond acceptors (Lipinski definition) is 4. The van der Waals surface area contributed by atoms with Crippen molar-refractivity contribution in [3.63, 3.8) is 0 Å². The van der Waals surface area contributed by atoms with Crippen LogP contribution in [0.2, 0.25) is 0 Å². The Labute approximate surface area is 185 Å². The number of hydrogen-bond donors (Lipinski definition) is 1. The van der Waals surface area contributed by atoms with Gasteiger partial charge in [0.25, 0.3) is 0 Å². The van der Waals surface area contributed by atoms with Crippen molar-refractivity contribution in [2.45, 2.75) is 51.9 Å². The lowest BCUT2D eigenvalue weighted by Crippen LogP contribution is -2.20. The highest BCUT2D eigenvalue weighted by Gasteiger charge is 2.30. The SMILES string of the molecule is CCn1cc(CN2CCC(c3cc(CCOc4cccc(C(F)(F)F)c4)[nH]n3)C2)c(C)n1. The molecule has 3 aromatic rings. The smallest absolute Gasteiger partial charge is 0.416 e. The molecule has 1 aliphatic rings. The van der Waals surface area contributed by atoms with Crippen LogP contribution in [0.1, 0.15) is 47.5 Å². The van der Waals surface area contributed by atoms with Crippen LogP contribution < -0.4 is 4.74 Å². The van der Waals surface area contributed by atoms with Gasteiger partial charge in [-0.2, -0.15) is 23.4 Å². The van der Waals surface area contributed by atoms with Crippen molar-refractivity contribution >= 4 is 0 Å². The zero-order chi connectivity index (χ0) is 22.7. The Hall–Kier alpha value is -2.81. The van der Waals surface area contributed by atoms with Crippen molar-refractivity contribution in [1.29, 1.82) is 0 Å². The number of nitrogens with one attached hydrogen (secondary N) is 1. The fourth-order valence-electron chi connectivity index (χ4n) is 4.09. The average molecular weight is 448 g/mol. The maximum atomic E-state index is 12.8. The highest BCUT2D eigenvalue weighted by Crippen LogP contribution is 2.31. The van der Waals surface area contributed by atoms with E-state index in [-0.39, 0.29) is 12.4 Å². The number of rotatable bonds is 8. The molecule has 1 fully saturated rings. The van der Waals surface area contributed by atoms with Gasteiger partial charge in [-0.25, -0.2) is 0 Å². The number of likely N-dealkylation sites (tertiary alicyclic amines) is 1. The molecule has 6 nitrogen and oxygen atoms in total. The van der Waals surface area contributed by atoms with E-state index in [9.17, 15) is 13.2 Å². The zero-order valence-electron chi connectivity index (χ0n) is 18.3. The van der Waals surface area contributed by atoms with E-state index in [1.807, 2.05) is 10.7 Å². The summed E-state index contributed by atoms with van der Waals surface area (Å²) in [5.74, 6) is 0.582. The summed E-state index contributed by atoms with van der Waals surface area (Å²) < 4.78 is 45.9. The number of H-pyrrole nitrogens is 1. The molecule has 1 N–H and O–H groups in total. The molecule has 0 amide bonds. The minimum Gasteiger partial charge on any atom is -0.493 e. The van der Waals surface area contributed by atoms with Crippen LogP contribution in [-0.2, 0) is 25.7 Å². The fraction of sp³-hybridized carbons (Fsp3) is 0.478. The monoisotopic (exact) mass is 447 g/mol. The molecule has 3 heterocycles. The topological polar surface area (TPSA) is 59.0 Å². The molecule has 32 heavy (non-hydrogen) atoms. The van der Waals surface area contributed by atoms with Gasteiger partial charge in [0, 0.05) is 49.4 Å². The fourth-order valence-corrected chi connectivity index (χ4v) is 4.09. The minimum atomic E-state index is -4.37. The molecule has 0 aliphatic carbocycles. The van der Waals surface area contributed by atoms with E-state index < -0.39 is 11.7 Å². The summed E-state index contributed by atoms with van der Waals surface area (Å²) in [4.78, 5) is 2.43. The molecule has 1 aromatic carbocycles. The third kappa shape index (κ3) is 5.32. The summed E-state index contributed by atoms with van der Waals surface area (Å²) in [6.45, 7) is 8.14. The van der Waals surface area contributed by atoms with Gasteiger partial charge in [0.2, 0.25) is 0 Å². The Bertz CT molecular complexity index is 1040. The molecule has 0 bridgehead atoms. The van der Waals surface area contributed by atoms with Gasteiger partial charge in [-0.05, 0) is 51.1 Å². The summed E-state index contributed by atoms with van der Waals surface area (Å²) >= 11 is 0. The summed E-state index contributed by atoms with van der Waals surface area (Å²) in [5, 5.41) is 12.0. The van der Waals surface area contributed by atoms with E-state index in [1.165, 1.54) is 17.7 Å². The minimum absolute atomic E-state index is 0.215. The number of halogens is 3. The first kappa shape index (κ1) is 22.4. The van der Waals surface area contributed by atoms with Crippen LogP contribution in [-0.4, -0.2) is 44.6 Å². The molecule has 1 unspecified atom stereocenters. The van der Waals surface area contributed by atoms with Gasteiger partial charge < -0.3 is 4.74 Å². The highest BCUT2D eigenvalue weighted by atomic mass is 19.4. The largest absolute Gasteiger partial charge is 0.493 e. The Balaban J connectivity index is 1.27. The molecular formula is C23H28F3N5O. The van der Waals surface area contributed by atoms with Crippen molar-refractivity contribution < 1.29 is 17.9 Å². The molecule has 9 heteroatoms. The molecule has 1 atom stereocenters. The summed E-state index contributed by atoms with van der Waals surface area (Å²) in [6.07, 6.45) is -0.650. The van der Waals surface area contributed by atoms with Gasteiger partial charge >= 0.3 is 6.18 Å². The molecule has 4 rings (SSSR count). The number of alkyl halides is 3. The van der Waals surface area contributed by atoms with Crippen LogP contribution in [0.15, 0.2) is 36.5 Å². The van der Waals surface area contributed by atoms with Gasteiger partial charge in [-0.3, -0.25) is 14.7 Å². The maximum Gasteiger partial charge on any atom is 0.416 e. The number of nitrogens with zero attached hydrogens (tertiary/aromatic N) is 4. The summed E-state index contributed by atoms with van der Waals surface area (Å²) in [6, 6.07) is 7.00. The van der Waals surface area contributed by atoms with E-state index >= 15 is 0 Å². The van der Waals surface area contributed by atoms with Crippen LogP contribution in [0.4, 0.5) is 13.2 Å². The molecule has 2 aromatic heterocycles. The first-order valence-corrected chi connectivity index (χ1v) is 10.9. The molecule has 172 valence electrons. The molecule has 1 saturated heterocycles. The summed E-state index contributed by atoms with van der Waals surface area (Å²) in [5.41, 5.74) is 3.59. The van der Waals surface area contributed by atoms with Crippen molar-refractivity contribution in [3.05, 3.63) is 64.7 Å². The zero-order valence-corrected chi connectivity index (χ0v) is 18.3. The van der Waals surface area contributed by atoms with E-state index in [0.717, 1.165) is 61.8 Å². The van der Waals surface area contributed by atoms with Crippen molar-refractivity contribution in [2.24, 2.45) is 0 Å². The van der Waals surface area contributed by atoms with Gasteiger partial charge in [-0.15, -0.1) is 0 Å². The average Bonchev–Trinajstić information content (AvgIpc) is 3.49. The maximum absolute atomic E-state index is 12.8. The van der Waals surface area contributed by atoms with Crippen molar-refractivity contribution in [1.82, 2.24) is 24.9 Å². The number of aryl methyl sites for hydroxylation is 2. The molecular weight excluding hydrogens is 419 g/mol. The normalized spacial score (nSPS) is 17.2. The quantitative estimate of drug-likeness (QED) is 0.550. The lowest BCUT2D eigenvalue weighted by molar-refractivity contribution is -0.137. The van der Waals surface area contributed by atoms with E-state index in [0.29, 0.717) is 12.3 Å². The van der Waals surface area contributed by atoms with Crippen LogP contribution in [0, 0.1) is 6.92 Å². The number of aromatic amines is 1.